The molecule has 74 valence electrons. The van der Waals surface area contributed by atoms with E-state index in [2.05, 4.69) is 15.3 Å². The van der Waals surface area contributed by atoms with Crippen LogP contribution in [0.1, 0.15) is 11.4 Å². The van der Waals surface area contributed by atoms with Gasteiger partial charge in [-0.15, -0.1) is 11.3 Å². The first-order valence-electron chi connectivity index (χ1n) is 4.36. The molecule has 0 aliphatic carbocycles. The minimum Gasteiger partial charge on any atom is -0.350 e. The molecule has 0 fully saturated rings. The van der Waals surface area contributed by atoms with Gasteiger partial charge in [-0.1, -0.05) is 0 Å². The highest BCUT2D eigenvalue weighted by molar-refractivity contribution is 7.07. The maximum Gasteiger partial charge on any atom is 0.203 e. The minimum absolute atomic E-state index is 0.730. The second-order valence-electron chi connectivity index (χ2n) is 3.15. The van der Waals surface area contributed by atoms with Gasteiger partial charge in [0.05, 0.1) is 23.4 Å². The zero-order valence-corrected chi connectivity index (χ0v) is 9.01. The van der Waals surface area contributed by atoms with E-state index in [4.69, 9.17) is 0 Å². The molecule has 0 aromatic carbocycles. The summed E-state index contributed by atoms with van der Waals surface area (Å²) < 4.78 is 1.97. The summed E-state index contributed by atoms with van der Waals surface area (Å²) >= 11 is 1.61. The predicted octanol–water partition coefficient (Wildman–Crippen LogP) is 1.80. The highest BCUT2D eigenvalue weighted by Gasteiger charge is 2.01. The Kier molecular flexibility index (Phi) is 2.49. The zero-order valence-electron chi connectivity index (χ0n) is 8.19. The van der Waals surface area contributed by atoms with Crippen LogP contribution in [0.25, 0.3) is 0 Å². The molecule has 0 aliphatic rings. The smallest absolute Gasteiger partial charge is 0.203 e. The molecule has 0 radical (unpaired) electrons. The number of hydrogen-bond donors (Lipinski definition) is 1. The van der Waals surface area contributed by atoms with Gasteiger partial charge in [0, 0.05) is 18.6 Å². The zero-order chi connectivity index (χ0) is 9.97. The quantitative estimate of drug-likeness (QED) is 0.836. The first kappa shape index (κ1) is 9.21. The Morgan fingerprint density at radius 2 is 2.43 bits per heavy atom. The third kappa shape index (κ3) is 1.93. The number of hydrogen-bond acceptors (Lipinski definition) is 4. The van der Waals surface area contributed by atoms with Gasteiger partial charge in [0.15, 0.2) is 0 Å². The summed E-state index contributed by atoms with van der Waals surface area (Å²) in [4.78, 5) is 8.52. The maximum absolute atomic E-state index is 4.34. The fourth-order valence-corrected chi connectivity index (χ4v) is 1.83. The highest BCUT2D eigenvalue weighted by Crippen LogP contribution is 2.08. The Balaban J connectivity index is 2.01. The van der Waals surface area contributed by atoms with Gasteiger partial charge in [0.2, 0.25) is 5.95 Å². The van der Waals surface area contributed by atoms with Gasteiger partial charge in [-0.3, -0.25) is 0 Å². The molecular weight excluding hydrogens is 196 g/mol. The summed E-state index contributed by atoms with van der Waals surface area (Å²) in [5, 5.41) is 5.26. The molecule has 0 aliphatic heterocycles. The lowest BCUT2D eigenvalue weighted by Crippen LogP contribution is -2.04. The number of anilines is 1. The van der Waals surface area contributed by atoms with E-state index < -0.39 is 0 Å². The van der Waals surface area contributed by atoms with Gasteiger partial charge in [0.1, 0.15) is 0 Å². The van der Waals surface area contributed by atoms with E-state index in [1.807, 2.05) is 35.6 Å². The lowest BCUT2D eigenvalue weighted by Gasteiger charge is -2.02. The molecule has 0 atom stereocenters. The van der Waals surface area contributed by atoms with Crippen LogP contribution in [0.15, 0.2) is 17.1 Å². The number of thiazole rings is 1. The van der Waals surface area contributed by atoms with Crippen LogP contribution < -0.4 is 5.32 Å². The molecular formula is C9H12N4S. The van der Waals surface area contributed by atoms with Crippen molar-refractivity contribution < 1.29 is 0 Å². The fourth-order valence-electron chi connectivity index (χ4n) is 1.27. The fraction of sp³-hybridized carbons (Fsp3) is 0.333. The third-order valence-electron chi connectivity index (χ3n) is 1.91. The van der Waals surface area contributed by atoms with Gasteiger partial charge in [0.25, 0.3) is 0 Å². The van der Waals surface area contributed by atoms with Crippen molar-refractivity contribution in [1.29, 1.82) is 0 Å². The summed E-state index contributed by atoms with van der Waals surface area (Å²) in [6.07, 6.45) is 1.99. The summed E-state index contributed by atoms with van der Waals surface area (Å²) in [5.41, 5.74) is 3.91. The van der Waals surface area contributed by atoms with Crippen LogP contribution in [0, 0.1) is 6.92 Å². The third-order valence-corrected chi connectivity index (χ3v) is 2.54. The Morgan fingerprint density at radius 1 is 1.57 bits per heavy atom. The number of aromatic nitrogens is 3. The van der Waals surface area contributed by atoms with Crippen LogP contribution in [-0.4, -0.2) is 14.5 Å². The molecule has 2 aromatic heterocycles. The first-order chi connectivity index (χ1) is 6.75. The normalized spacial score (nSPS) is 10.4. The lowest BCUT2D eigenvalue weighted by molar-refractivity contribution is 0.894. The van der Waals surface area contributed by atoms with Crippen LogP contribution in [0.2, 0.25) is 0 Å². The molecule has 4 nitrogen and oxygen atoms in total. The van der Waals surface area contributed by atoms with Crippen molar-refractivity contribution >= 4 is 17.3 Å². The topological polar surface area (TPSA) is 42.7 Å². The number of aryl methyl sites for hydroxylation is 2. The molecule has 2 heterocycles. The number of imidazole rings is 1. The van der Waals surface area contributed by atoms with Crippen molar-refractivity contribution in [2.24, 2.45) is 7.05 Å². The van der Waals surface area contributed by atoms with Crippen LogP contribution in [0.3, 0.4) is 0 Å². The van der Waals surface area contributed by atoms with E-state index in [0.29, 0.717) is 0 Å². The molecule has 14 heavy (non-hydrogen) atoms. The van der Waals surface area contributed by atoms with Crippen LogP contribution in [-0.2, 0) is 13.6 Å². The number of rotatable bonds is 3. The Morgan fingerprint density at radius 3 is 3.00 bits per heavy atom. The van der Waals surface area contributed by atoms with Crippen molar-refractivity contribution in [2.45, 2.75) is 13.5 Å². The number of nitrogens with one attached hydrogen (secondary N) is 1. The van der Waals surface area contributed by atoms with Crippen molar-refractivity contribution in [3.63, 3.8) is 0 Å². The van der Waals surface area contributed by atoms with Crippen molar-refractivity contribution in [1.82, 2.24) is 14.5 Å². The Hall–Kier alpha value is -1.36. The first-order valence-corrected chi connectivity index (χ1v) is 5.31. The van der Waals surface area contributed by atoms with Gasteiger partial charge in [-0.25, -0.2) is 9.97 Å². The monoisotopic (exact) mass is 208 g/mol. The second kappa shape index (κ2) is 3.79. The molecule has 0 saturated carbocycles. The molecule has 2 aromatic rings. The van der Waals surface area contributed by atoms with E-state index in [0.717, 1.165) is 23.9 Å². The van der Waals surface area contributed by atoms with E-state index >= 15 is 0 Å². The molecule has 0 spiro atoms. The average molecular weight is 208 g/mol. The second-order valence-corrected chi connectivity index (χ2v) is 3.87. The average Bonchev–Trinajstić information content (AvgIpc) is 2.72. The summed E-state index contributed by atoms with van der Waals surface area (Å²) in [5.74, 6) is 0.885. The predicted molar refractivity (Wildman–Crippen MR) is 57.4 cm³/mol. The standard InChI is InChI=1S/C9H12N4S/c1-7-4-13(2)9(12-7)10-3-8-5-14-6-11-8/h4-6H,3H2,1-2H3,(H,10,12). The van der Waals surface area contributed by atoms with Crippen LogP contribution in [0.5, 0.6) is 0 Å². The van der Waals surface area contributed by atoms with E-state index in [1.54, 1.807) is 11.3 Å². The summed E-state index contributed by atoms with van der Waals surface area (Å²) in [6.45, 7) is 2.71. The Labute approximate surface area is 86.6 Å². The molecule has 0 bridgehead atoms. The van der Waals surface area contributed by atoms with Gasteiger partial charge >= 0.3 is 0 Å². The molecule has 5 heteroatoms. The molecule has 2 rings (SSSR count). The highest BCUT2D eigenvalue weighted by atomic mass is 32.1. The van der Waals surface area contributed by atoms with Crippen molar-refractivity contribution in [3.05, 3.63) is 28.5 Å². The summed E-state index contributed by atoms with van der Waals surface area (Å²) in [6, 6.07) is 0. The Bertz CT molecular complexity index is 404. The molecule has 0 amide bonds. The molecule has 1 N–H and O–H groups in total. The number of nitrogens with zero attached hydrogens (tertiary/aromatic N) is 3. The molecule has 0 unspecified atom stereocenters. The van der Waals surface area contributed by atoms with Gasteiger partial charge in [-0.2, -0.15) is 0 Å². The lowest BCUT2D eigenvalue weighted by atomic mass is 10.5. The molecule has 0 saturated heterocycles. The van der Waals surface area contributed by atoms with E-state index in [1.165, 1.54) is 0 Å². The summed E-state index contributed by atoms with van der Waals surface area (Å²) in [7, 11) is 1.98. The van der Waals surface area contributed by atoms with Gasteiger partial charge < -0.3 is 9.88 Å². The largest absolute Gasteiger partial charge is 0.350 e. The van der Waals surface area contributed by atoms with Crippen molar-refractivity contribution in [3.8, 4) is 0 Å². The SMILES string of the molecule is Cc1cn(C)c(NCc2cscn2)n1. The minimum atomic E-state index is 0.730. The van der Waals surface area contributed by atoms with Gasteiger partial charge in [-0.05, 0) is 6.92 Å². The maximum atomic E-state index is 4.34. The van der Waals surface area contributed by atoms with Crippen molar-refractivity contribution in [2.75, 3.05) is 5.32 Å². The van der Waals surface area contributed by atoms with Crippen LogP contribution >= 0.6 is 11.3 Å². The van der Waals surface area contributed by atoms with E-state index in [-0.39, 0.29) is 0 Å². The van der Waals surface area contributed by atoms with E-state index in [9.17, 15) is 0 Å². The van der Waals surface area contributed by atoms with Crippen LogP contribution in [0.4, 0.5) is 5.95 Å².